The van der Waals surface area contributed by atoms with E-state index in [9.17, 15) is 34.2 Å². The average molecular weight is 1100 g/mol. The summed E-state index contributed by atoms with van der Waals surface area (Å²) in [7, 11) is 0. The summed E-state index contributed by atoms with van der Waals surface area (Å²) in [5.74, 6) is -1.32. The molecule has 4 aromatic heterocycles. The zero-order valence-corrected chi connectivity index (χ0v) is 46.7. The minimum absolute atomic E-state index is 0.0297. The molecule has 17 nitrogen and oxygen atoms in total. The van der Waals surface area contributed by atoms with Crippen LogP contribution < -0.4 is 25.6 Å². The Morgan fingerprint density at radius 2 is 1.66 bits per heavy atom. The lowest BCUT2D eigenvalue weighted by molar-refractivity contribution is -0.144. The number of hydrogen-bond acceptors (Lipinski definition) is 14. The van der Waals surface area contributed by atoms with Crippen LogP contribution in [0.5, 0.6) is 5.75 Å². The van der Waals surface area contributed by atoms with Crippen LogP contribution in [0, 0.1) is 25.2 Å². The van der Waals surface area contributed by atoms with E-state index in [0.29, 0.717) is 71.4 Å². The Morgan fingerprint density at radius 1 is 0.873 bits per heavy atom. The standard InChI is InChI=1S/C60H65N9O8S2/c1-33-41(42-22-24-50(65-52(42)58(75)76)68-26-25-37-11-9-13-43(44(37)31-68)55(72)67-59-64-46-14-7-8-16-49(46)79-59)12-10-15-48(33)77-40-20-17-36(18-21-40)27-51(71)66-54(60(4,5)6)57(74)69-30-39(70)28-47(69)56(73)63-34(2)45-23-19-38(29-61-45)53-35(3)62-32-78-53/h7-16,19,22-24,29,32,34,36,39-40,47,54,70H,17-18,20-21,25-28,30-31H2,1-6H3,(H,63,73)(H,66,71)(H,75,76)(H,64,67,72). The van der Waals surface area contributed by atoms with E-state index in [1.54, 1.807) is 23.8 Å². The number of pyridine rings is 2. The molecule has 79 heavy (non-hydrogen) atoms. The number of rotatable bonds is 15. The van der Waals surface area contributed by atoms with Gasteiger partial charge in [-0.2, -0.15) is 0 Å². The van der Waals surface area contributed by atoms with Gasteiger partial charge in [0.05, 0.1) is 50.2 Å². The number of carbonyl (C=O) groups excluding carboxylic acids is 4. The van der Waals surface area contributed by atoms with Crippen LogP contribution in [0.2, 0.25) is 0 Å². The van der Waals surface area contributed by atoms with Gasteiger partial charge in [-0.1, -0.05) is 74.6 Å². The van der Waals surface area contributed by atoms with Gasteiger partial charge in [0.25, 0.3) is 5.91 Å². The molecule has 7 aromatic rings. The van der Waals surface area contributed by atoms with Crippen molar-refractivity contribution in [3.63, 3.8) is 0 Å². The molecule has 4 unspecified atom stereocenters. The van der Waals surface area contributed by atoms with Crippen LogP contribution in [0.1, 0.15) is 121 Å². The molecule has 4 amide bonds. The zero-order valence-electron chi connectivity index (χ0n) is 45.1. The van der Waals surface area contributed by atoms with Gasteiger partial charge in [-0.05, 0) is 129 Å². The second-order valence-electron chi connectivity index (χ2n) is 22.1. The fourth-order valence-corrected chi connectivity index (χ4v) is 12.8. The number of carboxylic acid groups (broad SMARTS) is 1. The second-order valence-corrected chi connectivity index (χ2v) is 23.9. The third-order valence-electron chi connectivity index (χ3n) is 15.5. The largest absolute Gasteiger partial charge is 0.490 e. The third kappa shape index (κ3) is 12.0. The Morgan fingerprint density at radius 3 is 2.38 bits per heavy atom. The number of aromatic nitrogens is 4. The van der Waals surface area contributed by atoms with Crippen LogP contribution in [0.15, 0.2) is 96.6 Å². The van der Waals surface area contributed by atoms with Crippen molar-refractivity contribution in [1.29, 1.82) is 0 Å². The van der Waals surface area contributed by atoms with Crippen molar-refractivity contribution in [1.82, 2.24) is 35.5 Å². The summed E-state index contributed by atoms with van der Waals surface area (Å²) >= 11 is 2.95. The van der Waals surface area contributed by atoms with Crippen molar-refractivity contribution in [2.75, 3.05) is 23.3 Å². The molecule has 10 rings (SSSR count). The van der Waals surface area contributed by atoms with E-state index in [2.05, 4.69) is 30.9 Å². The number of β-amino-alcohol motifs (C(OH)–C–C–N with tert-alkyl or cyclic N) is 1. The molecule has 0 radical (unpaired) electrons. The molecule has 19 heteroatoms. The Bertz CT molecular complexity index is 3410. The van der Waals surface area contributed by atoms with Crippen LogP contribution in [-0.4, -0.2) is 102 Å². The highest BCUT2D eigenvalue weighted by molar-refractivity contribution is 7.22. The highest BCUT2D eigenvalue weighted by Crippen LogP contribution is 2.38. The molecule has 0 spiro atoms. The molecule has 1 saturated carbocycles. The predicted molar refractivity (Wildman–Crippen MR) is 305 cm³/mol. The number of fused-ring (bicyclic) bond motifs is 2. The maximum Gasteiger partial charge on any atom is 0.355 e. The number of carboxylic acids is 1. The zero-order chi connectivity index (χ0) is 55.7. The van der Waals surface area contributed by atoms with Crippen molar-refractivity contribution in [3.05, 3.63) is 136 Å². The number of ether oxygens (including phenoxy) is 1. The molecule has 5 N–H and O–H groups in total. The maximum atomic E-state index is 14.4. The summed E-state index contributed by atoms with van der Waals surface area (Å²) < 4.78 is 7.60. The molecule has 6 heterocycles. The monoisotopic (exact) mass is 1100 g/mol. The Balaban J connectivity index is 0.741. The van der Waals surface area contributed by atoms with E-state index in [-0.39, 0.29) is 48.9 Å². The van der Waals surface area contributed by atoms with Gasteiger partial charge in [0.15, 0.2) is 10.8 Å². The van der Waals surface area contributed by atoms with E-state index in [0.717, 1.165) is 55.9 Å². The summed E-state index contributed by atoms with van der Waals surface area (Å²) in [6.07, 6.45) is 4.48. The molecule has 4 atom stereocenters. The van der Waals surface area contributed by atoms with Crippen LogP contribution in [0.3, 0.4) is 0 Å². The Labute approximate surface area is 466 Å². The molecule has 2 aliphatic heterocycles. The summed E-state index contributed by atoms with van der Waals surface area (Å²) in [6.45, 7) is 12.2. The van der Waals surface area contributed by atoms with Crippen LogP contribution >= 0.6 is 22.7 Å². The number of aliphatic hydroxyl groups excluding tert-OH is 1. The lowest BCUT2D eigenvalue weighted by Crippen LogP contribution is -2.58. The van der Waals surface area contributed by atoms with E-state index < -0.39 is 47.4 Å². The third-order valence-corrected chi connectivity index (χ3v) is 17.4. The first kappa shape index (κ1) is 54.7. The number of hydrogen-bond donors (Lipinski definition) is 5. The average Bonchev–Trinajstić information content (AvgIpc) is 4.19. The van der Waals surface area contributed by atoms with E-state index in [1.807, 2.05) is 119 Å². The van der Waals surface area contributed by atoms with E-state index in [1.165, 1.54) is 27.6 Å². The number of aromatic carboxylic acids is 1. The highest BCUT2D eigenvalue weighted by Gasteiger charge is 2.45. The van der Waals surface area contributed by atoms with Crippen LogP contribution in [0.4, 0.5) is 10.9 Å². The van der Waals surface area contributed by atoms with Gasteiger partial charge in [-0.25, -0.2) is 19.7 Å². The summed E-state index contributed by atoms with van der Waals surface area (Å²) in [5.41, 5.74) is 8.68. The number of nitrogens with one attached hydrogen (secondary N) is 3. The fourth-order valence-electron chi connectivity index (χ4n) is 11.1. The number of benzene rings is 3. The van der Waals surface area contributed by atoms with Gasteiger partial charge in [0.2, 0.25) is 17.7 Å². The van der Waals surface area contributed by atoms with Gasteiger partial charge in [-0.15, -0.1) is 11.3 Å². The van der Waals surface area contributed by atoms with E-state index in [4.69, 9.17) is 9.72 Å². The first-order chi connectivity index (χ1) is 37.9. The van der Waals surface area contributed by atoms with Gasteiger partial charge in [0, 0.05) is 55.4 Å². The quantitative estimate of drug-likeness (QED) is 0.0645. The first-order valence-electron chi connectivity index (χ1n) is 26.9. The molecule has 1 aliphatic carbocycles. The lowest BCUT2D eigenvalue weighted by Gasteiger charge is -2.36. The maximum absolute atomic E-state index is 14.4. The first-order valence-corrected chi connectivity index (χ1v) is 28.6. The highest BCUT2D eigenvalue weighted by atomic mass is 32.1. The number of carbonyl (C=O) groups is 5. The minimum atomic E-state index is -1.16. The SMILES string of the molecule is Cc1ncsc1-c1ccc(C(C)NC(=O)C2CC(O)CN2C(=O)C(NC(=O)CC2CCC(Oc3cccc(-c4ccc(N5CCc6cccc(C(=O)Nc7nc8ccccc8s7)c6C5)nc4C(=O)O)c3C)CC2)C(C)(C)C)nc1. The number of likely N-dealkylation sites (tertiary alicyclic amines) is 1. The van der Waals surface area contributed by atoms with Crippen molar-refractivity contribution in [3.8, 4) is 27.3 Å². The Hall–Kier alpha value is -7.61. The number of amides is 4. The fraction of sp³-hybridized carbons (Fsp3) is 0.383. The lowest BCUT2D eigenvalue weighted by atomic mass is 9.83. The summed E-state index contributed by atoms with van der Waals surface area (Å²) in [4.78, 5) is 91.3. The molecule has 0 bridgehead atoms. The van der Waals surface area contributed by atoms with Gasteiger partial charge < -0.3 is 35.4 Å². The smallest absolute Gasteiger partial charge is 0.355 e. The van der Waals surface area contributed by atoms with Gasteiger partial charge in [0.1, 0.15) is 23.7 Å². The summed E-state index contributed by atoms with van der Waals surface area (Å²) in [5, 5.41) is 30.9. The number of thiazole rings is 2. The topological polar surface area (TPSA) is 229 Å². The Kier molecular flexibility index (Phi) is 15.9. The molecule has 3 aromatic carbocycles. The predicted octanol–water partition coefficient (Wildman–Crippen LogP) is 9.70. The normalized spacial score (nSPS) is 19.1. The molecule has 2 fully saturated rings. The molecular formula is C60H65N9O8S2. The van der Waals surface area contributed by atoms with Crippen molar-refractivity contribution < 1.29 is 38.9 Å². The number of aliphatic hydroxyl groups is 1. The van der Waals surface area contributed by atoms with Crippen molar-refractivity contribution in [2.45, 2.75) is 123 Å². The number of nitrogens with zero attached hydrogens (tertiary/aromatic N) is 6. The van der Waals surface area contributed by atoms with Gasteiger partial charge in [-0.3, -0.25) is 29.5 Å². The van der Waals surface area contributed by atoms with E-state index >= 15 is 0 Å². The number of aryl methyl sites for hydroxylation is 1. The van der Waals surface area contributed by atoms with Crippen molar-refractivity contribution >= 4 is 73.4 Å². The van der Waals surface area contributed by atoms with Crippen molar-refractivity contribution in [2.24, 2.45) is 11.3 Å². The molecule has 3 aliphatic rings. The molecular weight excluding hydrogens is 1040 g/mol. The van der Waals surface area contributed by atoms with Crippen LogP contribution in [-0.2, 0) is 27.3 Å². The summed E-state index contributed by atoms with van der Waals surface area (Å²) in [6, 6.07) is 24.1. The molecule has 1 saturated heterocycles. The second kappa shape index (κ2) is 23.0. The molecule has 410 valence electrons. The van der Waals surface area contributed by atoms with Crippen LogP contribution in [0.25, 0.3) is 31.8 Å². The number of anilines is 2. The number of para-hydroxylation sites is 1. The minimum Gasteiger partial charge on any atom is -0.490 e. The van der Waals surface area contributed by atoms with Gasteiger partial charge >= 0.3 is 5.97 Å².